The first-order chi connectivity index (χ1) is 16.1. The Labute approximate surface area is 188 Å². The number of amides is 3. The van der Waals surface area contributed by atoms with Gasteiger partial charge in [0, 0.05) is 35.3 Å². The van der Waals surface area contributed by atoms with E-state index in [1.165, 1.54) is 36.8 Å². The molecule has 9 heteroatoms. The lowest BCUT2D eigenvalue weighted by Gasteiger charge is -2.11. The van der Waals surface area contributed by atoms with E-state index in [1.54, 1.807) is 55.0 Å². The number of pyridine rings is 3. The van der Waals surface area contributed by atoms with Crippen LogP contribution < -0.4 is 16.0 Å². The van der Waals surface area contributed by atoms with Crippen LogP contribution in [0.25, 0.3) is 0 Å². The summed E-state index contributed by atoms with van der Waals surface area (Å²) in [7, 11) is 0. The summed E-state index contributed by atoms with van der Waals surface area (Å²) in [5, 5.41) is 8.12. The Bertz CT molecular complexity index is 1110. The van der Waals surface area contributed by atoms with Crippen molar-refractivity contribution in [2.45, 2.75) is 0 Å². The monoisotopic (exact) mass is 438 g/mol. The molecule has 0 aliphatic carbocycles. The highest BCUT2D eigenvalue weighted by atomic mass is 16.2. The molecular formula is C24H18N6O3. The Morgan fingerprint density at radius 2 is 0.818 bits per heavy atom. The minimum absolute atomic E-state index is 0.133. The zero-order valence-electron chi connectivity index (χ0n) is 17.2. The zero-order valence-corrected chi connectivity index (χ0v) is 17.2. The van der Waals surface area contributed by atoms with Gasteiger partial charge in [-0.05, 0) is 54.6 Å². The molecule has 0 radical (unpaired) electrons. The Morgan fingerprint density at radius 1 is 0.515 bits per heavy atom. The van der Waals surface area contributed by atoms with Gasteiger partial charge in [-0.1, -0.05) is 0 Å². The summed E-state index contributed by atoms with van der Waals surface area (Å²) < 4.78 is 0. The number of aromatic nitrogens is 3. The highest BCUT2D eigenvalue weighted by Gasteiger charge is 2.17. The lowest BCUT2D eigenvalue weighted by atomic mass is 10.0. The highest BCUT2D eigenvalue weighted by Crippen LogP contribution is 2.17. The number of carbonyl (C=O) groups is 3. The number of anilines is 3. The fraction of sp³-hybridized carbons (Fsp3) is 0. The third-order valence-corrected chi connectivity index (χ3v) is 4.48. The fourth-order valence-corrected chi connectivity index (χ4v) is 2.94. The van der Waals surface area contributed by atoms with Crippen molar-refractivity contribution >= 4 is 34.8 Å². The summed E-state index contributed by atoms with van der Waals surface area (Å²) in [6.45, 7) is 0. The lowest BCUT2D eigenvalue weighted by Crippen LogP contribution is -2.19. The quantitative estimate of drug-likeness (QED) is 0.422. The van der Waals surface area contributed by atoms with E-state index in [-0.39, 0.29) is 16.7 Å². The van der Waals surface area contributed by atoms with Crippen LogP contribution in [0.5, 0.6) is 0 Å². The Kier molecular flexibility index (Phi) is 6.41. The third kappa shape index (κ3) is 5.61. The molecule has 4 aromatic rings. The van der Waals surface area contributed by atoms with Gasteiger partial charge in [0.25, 0.3) is 17.7 Å². The SMILES string of the molecule is O=C(Nc1cccnc1)c1cc(C(=O)Nc2cccnc2)cc(C(=O)Nc2cccnc2)c1. The van der Waals surface area contributed by atoms with Gasteiger partial charge in [0.05, 0.1) is 35.7 Å². The van der Waals surface area contributed by atoms with Gasteiger partial charge < -0.3 is 16.0 Å². The smallest absolute Gasteiger partial charge is 0.255 e. The maximum Gasteiger partial charge on any atom is 0.255 e. The molecule has 0 saturated heterocycles. The van der Waals surface area contributed by atoms with Crippen LogP contribution in [-0.4, -0.2) is 32.7 Å². The first-order valence-corrected chi connectivity index (χ1v) is 9.88. The standard InChI is InChI=1S/C24H18N6O3/c31-22(28-19-4-1-7-25-13-19)16-10-17(23(32)29-20-5-2-8-26-14-20)12-18(11-16)24(33)30-21-6-3-9-27-15-21/h1-15H,(H,28,31)(H,29,32)(H,30,33). The van der Waals surface area contributed by atoms with Crippen molar-refractivity contribution in [3.63, 3.8) is 0 Å². The van der Waals surface area contributed by atoms with Gasteiger partial charge in [-0.15, -0.1) is 0 Å². The van der Waals surface area contributed by atoms with Gasteiger partial charge in [-0.25, -0.2) is 0 Å². The molecule has 0 spiro atoms. The van der Waals surface area contributed by atoms with E-state index in [0.29, 0.717) is 17.1 Å². The molecule has 1 aromatic carbocycles. The van der Waals surface area contributed by atoms with Crippen LogP contribution in [0.2, 0.25) is 0 Å². The number of nitrogens with one attached hydrogen (secondary N) is 3. The molecule has 0 fully saturated rings. The van der Waals surface area contributed by atoms with Crippen molar-refractivity contribution in [1.29, 1.82) is 0 Å². The molecule has 0 aliphatic rings. The van der Waals surface area contributed by atoms with Gasteiger partial charge in [-0.2, -0.15) is 0 Å². The summed E-state index contributed by atoms with van der Waals surface area (Å²) in [4.78, 5) is 50.5. The van der Waals surface area contributed by atoms with Gasteiger partial charge in [-0.3, -0.25) is 29.3 Å². The number of carbonyl (C=O) groups excluding carboxylic acids is 3. The van der Waals surface area contributed by atoms with Crippen LogP contribution in [0, 0.1) is 0 Å². The maximum absolute atomic E-state index is 12.9. The van der Waals surface area contributed by atoms with Crippen LogP contribution in [0.1, 0.15) is 31.1 Å². The molecule has 4 rings (SSSR count). The summed E-state index contributed by atoms with van der Waals surface area (Å²) in [6.07, 6.45) is 9.23. The van der Waals surface area contributed by atoms with Crippen LogP contribution in [0.3, 0.4) is 0 Å². The summed E-state index contributed by atoms with van der Waals surface area (Å²) in [5.41, 5.74) is 1.84. The van der Waals surface area contributed by atoms with Crippen molar-refractivity contribution in [3.05, 3.63) is 108 Å². The number of nitrogens with zero attached hydrogens (tertiary/aromatic N) is 3. The molecule has 0 bridgehead atoms. The second kappa shape index (κ2) is 9.92. The number of benzene rings is 1. The first-order valence-electron chi connectivity index (χ1n) is 9.88. The Balaban J connectivity index is 1.65. The Morgan fingerprint density at radius 3 is 1.06 bits per heavy atom. The van der Waals surface area contributed by atoms with E-state index in [2.05, 4.69) is 30.9 Å². The minimum Gasteiger partial charge on any atom is -0.321 e. The normalized spacial score (nSPS) is 10.2. The van der Waals surface area contributed by atoms with E-state index in [9.17, 15) is 14.4 Å². The molecule has 3 heterocycles. The van der Waals surface area contributed by atoms with Gasteiger partial charge in [0.2, 0.25) is 0 Å². The van der Waals surface area contributed by atoms with Crippen molar-refractivity contribution in [2.24, 2.45) is 0 Å². The molecule has 0 atom stereocenters. The predicted octanol–water partition coefficient (Wildman–Crippen LogP) is 3.63. The van der Waals surface area contributed by atoms with Crippen molar-refractivity contribution in [1.82, 2.24) is 15.0 Å². The second-order valence-corrected chi connectivity index (χ2v) is 6.89. The fourth-order valence-electron chi connectivity index (χ4n) is 2.94. The average molecular weight is 438 g/mol. The van der Waals surface area contributed by atoms with E-state index < -0.39 is 17.7 Å². The first kappa shape index (κ1) is 21.3. The number of hydrogen-bond donors (Lipinski definition) is 3. The van der Waals surface area contributed by atoms with Crippen LogP contribution in [-0.2, 0) is 0 Å². The number of rotatable bonds is 6. The zero-order chi connectivity index (χ0) is 23.0. The molecule has 9 nitrogen and oxygen atoms in total. The van der Waals surface area contributed by atoms with E-state index in [0.717, 1.165) is 0 Å². The maximum atomic E-state index is 12.9. The van der Waals surface area contributed by atoms with Crippen molar-refractivity contribution < 1.29 is 14.4 Å². The van der Waals surface area contributed by atoms with E-state index in [1.807, 2.05) is 0 Å². The molecule has 3 aromatic heterocycles. The molecule has 162 valence electrons. The summed E-state index contributed by atoms with van der Waals surface area (Å²) in [5.74, 6) is -1.47. The lowest BCUT2D eigenvalue weighted by molar-refractivity contribution is 0.102. The average Bonchev–Trinajstić information content (AvgIpc) is 2.85. The van der Waals surface area contributed by atoms with Gasteiger partial charge in [0.1, 0.15) is 0 Å². The molecular weight excluding hydrogens is 420 g/mol. The van der Waals surface area contributed by atoms with Crippen LogP contribution >= 0.6 is 0 Å². The Hall–Kier alpha value is -4.92. The largest absolute Gasteiger partial charge is 0.321 e. The summed E-state index contributed by atoms with van der Waals surface area (Å²) in [6, 6.07) is 14.3. The second-order valence-electron chi connectivity index (χ2n) is 6.89. The molecule has 0 aliphatic heterocycles. The summed E-state index contributed by atoms with van der Waals surface area (Å²) >= 11 is 0. The van der Waals surface area contributed by atoms with E-state index in [4.69, 9.17) is 0 Å². The van der Waals surface area contributed by atoms with Crippen LogP contribution in [0.4, 0.5) is 17.1 Å². The van der Waals surface area contributed by atoms with Crippen molar-refractivity contribution in [3.8, 4) is 0 Å². The predicted molar refractivity (Wildman–Crippen MR) is 123 cm³/mol. The molecule has 3 amide bonds. The van der Waals surface area contributed by atoms with Crippen molar-refractivity contribution in [2.75, 3.05) is 16.0 Å². The molecule has 0 saturated carbocycles. The third-order valence-electron chi connectivity index (χ3n) is 4.48. The van der Waals surface area contributed by atoms with Gasteiger partial charge in [0.15, 0.2) is 0 Å². The number of hydrogen-bond acceptors (Lipinski definition) is 6. The highest BCUT2D eigenvalue weighted by molar-refractivity contribution is 6.12. The molecule has 3 N–H and O–H groups in total. The van der Waals surface area contributed by atoms with Gasteiger partial charge >= 0.3 is 0 Å². The minimum atomic E-state index is -0.491. The van der Waals surface area contributed by atoms with E-state index >= 15 is 0 Å². The van der Waals surface area contributed by atoms with Crippen LogP contribution in [0.15, 0.2) is 91.8 Å². The topological polar surface area (TPSA) is 126 Å². The molecule has 0 unspecified atom stereocenters. The molecule has 33 heavy (non-hydrogen) atoms.